The number of hydrogen-bond acceptors (Lipinski definition) is 7. The van der Waals surface area contributed by atoms with E-state index in [2.05, 4.69) is 23.4 Å². The summed E-state index contributed by atoms with van der Waals surface area (Å²) in [4.78, 5) is 39.4. The Morgan fingerprint density at radius 1 is 1.31 bits per heavy atom. The van der Waals surface area contributed by atoms with Crippen molar-refractivity contribution in [2.75, 3.05) is 11.9 Å². The molecule has 2 heterocycles. The highest BCUT2D eigenvalue weighted by molar-refractivity contribution is 7.16. The normalized spacial score (nSPS) is 15.0. The van der Waals surface area contributed by atoms with E-state index in [0.717, 1.165) is 36.1 Å². The first-order valence-electron chi connectivity index (χ1n) is 11.8. The van der Waals surface area contributed by atoms with Crippen LogP contribution in [0.5, 0.6) is 0 Å². The predicted molar refractivity (Wildman–Crippen MR) is 135 cm³/mol. The number of nitrogens with zero attached hydrogens (tertiary/aromatic N) is 3. The maximum absolute atomic E-state index is 12.9. The zero-order valence-corrected chi connectivity index (χ0v) is 20.9. The lowest BCUT2D eigenvalue weighted by molar-refractivity contribution is -0.119. The molecule has 0 saturated heterocycles. The lowest BCUT2D eigenvalue weighted by atomic mass is 9.89. The number of esters is 1. The third-order valence-corrected chi connectivity index (χ3v) is 7.36. The average Bonchev–Trinajstić information content (AvgIpc) is 3.17. The minimum Gasteiger partial charge on any atom is -0.451 e. The number of fused-ring (bicyclic) bond motifs is 2. The summed E-state index contributed by atoms with van der Waals surface area (Å²) < 4.78 is 6.56. The first-order chi connectivity index (χ1) is 16.8. The molecule has 0 unspecified atom stereocenters. The van der Waals surface area contributed by atoms with E-state index < -0.39 is 18.5 Å². The van der Waals surface area contributed by atoms with Gasteiger partial charge in [0.25, 0.3) is 11.5 Å². The monoisotopic (exact) mass is 492 g/mol. The lowest BCUT2D eigenvalue weighted by Crippen LogP contribution is -2.28. The highest BCUT2D eigenvalue weighted by Crippen LogP contribution is 2.39. The van der Waals surface area contributed by atoms with Crippen LogP contribution in [0, 0.1) is 23.2 Å². The molecule has 3 aromatic rings. The number of ether oxygens (including phenoxy) is 1. The fraction of sp³-hybridized carbons (Fsp3) is 0.423. The van der Waals surface area contributed by atoms with Crippen LogP contribution in [-0.2, 0) is 28.9 Å². The molecule has 9 heteroatoms. The Balaban J connectivity index is 1.50. The third kappa shape index (κ3) is 5.28. The summed E-state index contributed by atoms with van der Waals surface area (Å²) in [7, 11) is 0. The Bertz CT molecular complexity index is 1380. The molecule has 0 radical (unpaired) electrons. The molecule has 35 heavy (non-hydrogen) atoms. The standard InChI is InChI=1S/C26H28N4O4S/c1-15(2)10-11-30-25(32)19-7-5-4-6-18(19)23(29-30)26(33)34-14-22(31)28-24-20(13-27)17-9-8-16(3)12-21(17)35-24/h4-7,15-16H,8-12,14H2,1-3H3,(H,28,31)/t16-/m1/s1. The Labute approximate surface area is 207 Å². The van der Waals surface area contributed by atoms with Gasteiger partial charge in [0.1, 0.15) is 11.1 Å². The van der Waals surface area contributed by atoms with Gasteiger partial charge in [0.05, 0.1) is 10.9 Å². The van der Waals surface area contributed by atoms with E-state index in [1.54, 1.807) is 24.3 Å². The molecule has 0 fully saturated rings. The summed E-state index contributed by atoms with van der Waals surface area (Å²) in [5.41, 5.74) is 1.24. The lowest BCUT2D eigenvalue weighted by Gasteiger charge is -2.17. The SMILES string of the molecule is CC(C)CCn1nc(C(=O)OCC(=O)Nc2sc3c(c2C#N)CC[C@@H](C)C3)c2ccccc2c1=O. The highest BCUT2D eigenvalue weighted by atomic mass is 32.1. The largest absolute Gasteiger partial charge is 0.451 e. The molecule has 4 rings (SSSR count). The molecule has 1 aliphatic carbocycles. The zero-order valence-electron chi connectivity index (χ0n) is 20.1. The number of hydrogen-bond donors (Lipinski definition) is 1. The Kier molecular flexibility index (Phi) is 7.31. The number of carbonyl (C=O) groups is 2. The summed E-state index contributed by atoms with van der Waals surface area (Å²) in [5, 5.41) is 17.9. The van der Waals surface area contributed by atoms with Crippen molar-refractivity contribution >= 4 is 39.0 Å². The van der Waals surface area contributed by atoms with Crippen LogP contribution in [0.15, 0.2) is 29.1 Å². The van der Waals surface area contributed by atoms with E-state index in [4.69, 9.17) is 4.74 Å². The van der Waals surface area contributed by atoms with Crippen molar-refractivity contribution in [2.45, 2.75) is 53.0 Å². The Hall–Kier alpha value is -3.51. The van der Waals surface area contributed by atoms with E-state index in [-0.39, 0.29) is 11.3 Å². The van der Waals surface area contributed by atoms with Crippen LogP contribution in [0.2, 0.25) is 0 Å². The minimum absolute atomic E-state index is 0.00459. The van der Waals surface area contributed by atoms with Gasteiger partial charge in [0, 0.05) is 16.8 Å². The summed E-state index contributed by atoms with van der Waals surface area (Å²) in [6, 6.07) is 8.95. The topological polar surface area (TPSA) is 114 Å². The third-order valence-electron chi connectivity index (χ3n) is 6.19. The summed E-state index contributed by atoms with van der Waals surface area (Å²) in [5.74, 6) is -0.407. The molecule has 1 aromatic carbocycles. The van der Waals surface area contributed by atoms with Gasteiger partial charge in [-0.15, -0.1) is 11.3 Å². The molecule has 1 atom stereocenters. The number of thiophene rings is 1. The molecule has 0 spiro atoms. The van der Waals surface area contributed by atoms with E-state index in [0.29, 0.717) is 39.7 Å². The van der Waals surface area contributed by atoms with Gasteiger partial charge in [-0.25, -0.2) is 9.48 Å². The number of anilines is 1. The number of aromatic nitrogens is 2. The zero-order chi connectivity index (χ0) is 25.1. The van der Waals surface area contributed by atoms with Crippen LogP contribution in [0.4, 0.5) is 5.00 Å². The predicted octanol–water partition coefficient (Wildman–Crippen LogP) is 4.30. The van der Waals surface area contributed by atoms with E-state index in [9.17, 15) is 19.6 Å². The molecule has 1 amide bonds. The van der Waals surface area contributed by atoms with Gasteiger partial charge < -0.3 is 10.1 Å². The first kappa shape index (κ1) is 24.6. The molecular weight excluding hydrogens is 464 g/mol. The molecule has 8 nitrogen and oxygen atoms in total. The number of amides is 1. The van der Waals surface area contributed by atoms with Crippen molar-refractivity contribution in [3.05, 3.63) is 56.3 Å². The van der Waals surface area contributed by atoms with Gasteiger partial charge in [-0.3, -0.25) is 9.59 Å². The molecule has 0 bridgehead atoms. The molecule has 1 aliphatic rings. The number of carbonyl (C=O) groups excluding carboxylic acids is 2. The van der Waals surface area contributed by atoms with Gasteiger partial charge in [-0.05, 0) is 49.1 Å². The second-order valence-electron chi connectivity index (χ2n) is 9.40. The number of nitriles is 1. The van der Waals surface area contributed by atoms with Crippen LogP contribution in [0.3, 0.4) is 0 Å². The van der Waals surface area contributed by atoms with Crippen molar-refractivity contribution in [3.63, 3.8) is 0 Å². The molecule has 1 N–H and O–H groups in total. The minimum atomic E-state index is -0.783. The van der Waals surface area contributed by atoms with Crippen LogP contribution >= 0.6 is 11.3 Å². The van der Waals surface area contributed by atoms with Crippen LogP contribution in [0.25, 0.3) is 10.8 Å². The smallest absolute Gasteiger partial charge is 0.359 e. The van der Waals surface area contributed by atoms with Gasteiger partial charge in [0.15, 0.2) is 12.3 Å². The molecular formula is C26H28N4O4S. The fourth-order valence-corrected chi connectivity index (χ4v) is 5.61. The Morgan fingerprint density at radius 3 is 2.77 bits per heavy atom. The molecule has 182 valence electrons. The number of nitrogens with one attached hydrogen (secondary N) is 1. The van der Waals surface area contributed by atoms with Crippen molar-refractivity contribution in [1.29, 1.82) is 5.26 Å². The van der Waals surface area contributed by atoms with Crippen LogP contribution in [-0.4, -0.2) is 28.3 Å². The maximum atomic E-state index is 12.9. The molecule has 0 saturated carbocycles. The van der Waals surface area contributed by atoms with Crippen molar-refractivity contribution < 1.29 is 14.3 Å². The quantitative estimate of drug-likeness (QED) is 0.492. The maximum Gasteiger partial charge on any atom is 0.359 e. The second-order valence-corrected chi connectivity index (χ2v) is 10.5. The fourth-order valence-electron chi connectivity index (χ4n) is 4.24. The molecule has 0 aliphatic heterocycles. The van der Waals surface area contributed by atoms with Gasteiger partial charge in [0.2, 0.25) is 0 Å². The highest BCUT2D eigenvalue weighted by Gasteiger charge is 2.25. The van der Waals surface area contributed by atoms with Crippen molar-refractivity contribution in [3.8, 4) is 6.07 Å². The average molecular weight is 493 g/mol. The van der Waals surface area contributed by atoms with E-state index in [1.165, 1.54) is 16.0 Å². The second kappa shape index (κ2) is 10.4. The summed E-state index contributed by atoms with van der Waals surface area (Å²) >= 11 is 1.42. The first-order valence-corrected chi connectivity index (χ1v) is 12.6. The van der Waals surface area contributed by atoms with Gasteiger partial charge in [-0.2, -0.15) is 10.4 Å². The van der Waals surface area contributed by atoms with E-state index >= 15 is 0 Å². The summed E-state index contributed by atoms with van der Waals surface area (Å²) in [6.45, 7) is 6.12. The summed E-state index contributed by atoms with van der Waals surface area (Å²) in [6.07, 6.45) is 3.47. The molecule has 2 aromatic heterocycles. The van der Waals surface area contributed by atoms with Crippen molar-refractivity contribution in [2.24, 2.45) is 11.8 Å². The number of benzene rings is 1. The Morgan fingerprint density at radius 2 is 2.06 bits per heavy atom. The number of rotatable bonds is 7. The van der Waals surface area contributed by atoms with Crippen LogP contribution in [0.1, 0.15) is 60.1 Å². The van der Waals surface area contributed by atoms with Crippen molar-refractivity contribution in [1.82, 2.24) is 9.78 Å². The van der Waals surface area contributed by atoms with Gasteiger partial charge >= 0.3 is 5.97 Å². The van der Waals surface area contributed by atoms with Crippen LogP contribution < -0.4 is 10.9 Å². The van der Waals surface area contributed by atoms with Gasteiger partial charge in [-0.1, -0.05) is 39.0 Å². The van der Waals surface area contributed by atoms with E-state index in [1.807, 2.05) is 13.8 Å². The number of aryl methyl sites for hydroxylation is 1.